The van der Waals surface area contributed by atoms with Crippen molar-refractivity contribution in [2.45, 2.75) is 0 Å². The molecule has 0 unspecified atom stereocenters. The van der Waals surface area contributed by atoms with E-state index >= 15 is 0 Å². The smallest absolute Gasteiger partial charge is 0.142 e. The third kappa shape index (κ3) is 1.21. The highest BCUT2D eigenvalue weighted by molar-refractivity contribution is 6.02. The van der Waals surface area contributed by atoms with Gasteiger partial charge in [-0.25, -0.2) is 0 Å². The van der Waals surface area contributed by atoms with E-state index in [1.54, 1.807) is 6.26 Å². The number of rotatable bonds is 1. The molecule has 4 aromatic rings. The van der Waals surface area contributed by atoms with Crippen LogP contribution in [-0.2, 0) is 0 Å². The molecule has 2 aromatic heterocycles. The van der Waals surface area contributed by atoms with E-state index in [0.717, 1.165) is 33.0 Å². The summed E-state index contributed by atoms with van der Waals surface area (Å²) in [5.41, 5.74) is 1.98. The van der Waals surface area contributed by atoms with Crippen molar-refractivity contribution in [3.05, 3.63) is 54.9 Å². The van der Waals surface area contributed by atoms with Gasteiger partial charge in [-0.05, 0) is 6.07 Å². The molecule has 3 heteroatoms. The molecule has 0 bridgehead atoms. The Hall–Kier alpha value is -2.55. The van der Waals surface area contributed by atoms with Crippen LogP contribution < -0.4 is 0 Å². The van der Waals surface area contributed by atoms with Crippen molar-refractivity contribution in [2.75, 3.05) is 0 Å². The summed E-state index contributed by atoms with van der Waals surface area (Å²) in [6.45, 7) is 0. The van der Waals surface area contributed by atoms with Crippen molar-refractivity contribution < 1.29 is 4.42 Å². The van der Waals surface area contributed by atoms with Gasteiger partial charge < -0.3 is 4.42 Å². The minimum Gasteiger partial charge on any atom is -0.463 e. The Kier molecular flexibility index (Phi) is 1.83. The predicted molar refractivity (Wildman–Crippen MR) is 70.1 cm³/mol. The summed E-state index contributed by atoms with van der Waals surface area (Å²) in [4.78, 5) is 0. The lowest BCUT2D eigenvalue weighted by Crippen LogP contribution is -1.77. The predicted octanol–water partition coefficient (Wildman–Crippen LogP) is 3.78. The van der Waals surface area contributed by atoms with Gasteiger partial charge in [0.1, 0.15) is 12.0 Å². The maximum Gasteiger partial charge on any atom is 0.142 e. The van der Waals surface area contributed by atoms with Gasteiger partial charge >= 0.3 is 0 Å². The quantitative estimate of drug-likeness (QED) is 0.543. The zero-order valence-corrected chi connectivity index (χ0v) is 9.47. The largest absolute Gasteiger partial charge is 0.463 e. The third-order valence-electron chi connectivity index (χ3n) is 3.16. The normalized spacial score (nSPS) is 11.3. The Morgan fingerprint density at radius 1 is 1.06 bits per heavy atom. The number of H-pyrrole nitrogens is 1. The Morgan fingerprint density at radius 2 is 2.00 bits per heavy atom. The molecular weight excluding hydrogens is 224 g/mol. The lowest BCUT2D eigenvalue weighted by Gasteiger charge is -1.99. The highest BCUT2D eigenvalue weighted by Crippen LogP contribution is 2.34. The van der Waals surface area contributed by atoms with Crippen molar-refractivity contribution in [1.82, 2.24) is 10.2 Å². The number of aromatic nitrogens is 2. The highest BCUT2D eigenvalue weighted by Gasteiger charge is 2.12. The van der Waals surface area contributed by atoms with Crippen LogP contribution in [0.5, 0.6) is 0 Å². The zero-order valence-electron chi connectivity index (χ0n) is 9.47. The number of nitrogens with zero attached hydrogens (tertiary/aromatic N) is 1. The second-order valence-electron chi connectivity index (χ2n) is 4.22. The first-order valence-electron chi connectivity index (χ1n) is 5.75. The Morgan fingerprint density at radius 3 is 3.00 bits per heavy atom. The van der Waals surface area contributed by atoms with Crippen LogP contribution >= 0.6 is 0 Å². The van der Waals surface area contributed by atoms with E-state index in [2.05, 4.69) is 22.5 Å². The lowest BCUT2D eigenvalue weighted by atomic mass is 10.0. The van der Waals surface area contributed by atoms with E-state index in [1.165, 1.54) is 0 Å². The van der Waals surface area contributed by atoms with Gasteiger partial charge in [0.15, 0.2) is 0 Å². The molecule has 0 saturated carbocycles. The van der Waals surface area contributed by atoms with Gasteiger partial charge in [-0.15, -0.1) is 0 Å². The fourth-order valence-corrected chi connectivity index (χ4v) is 2.30. The Bertz CT molecular complexity index is 842. The van der Waals surface area contributed by atoms with E-state index in [-0.39, 0.29) is 0 Å². The third-order valence-corrected chi connectivity index (χ3v) is 3.16. The summed E-state index contributed by atoms with van der Waals surface area (Å²) in [6.07, 6.45) is 4.76. The van der Waals surface area contributed by atoms with Crippen LogP contribution in [0.25, 0.3) is 33.0 Å². The van der Waals surface area contributed by atoms with Crippen LogP contribution in [-0.4, -0.2) is 10.2 Å². The van der Waals surface area contributed by atoms with Crippen LogP contribution in [0.1, 0.15) is 0 Å². The van der Waals surface area contributed by atoms with Crippen molar-refractivity contribution in [2.24, 2.45) is 0 Å². The molecule has 0 fully saturated rings. The first-order chi connectivity index (χ1) is 8.93. The summed E-state index contributed by atoms with van der Waals surface area (Å²) in [5, 5.41) is 10.1. The molecule has 0 aliphatic carbocycles. The molecule has 18 heavy (non-hydrogen) atoms. The van der Waals surface area contributed by atoms with Gasteiger partial charge in [0.25, 0.3) is 0 Å². The number of fused-ring (bicyclic) bond motifs is 2. The molecule has 2 heterocycles. The fraction of sp³-hybridized carbons (Fsp3) is 0. The molecule has 1 N–H and O–H groups in total. The number of furan rings is 1. The summed E-state index contributed by atoms with van der Waals surface area (Å²) in [5.74, 6) is 0.869. The summed E-state index contributed by atoms with van der Waals surface area (Å²) >= 11 is 0. The van der Waals surface area contributed by atoms with Crippen LogP contribution in [0, 0.1) is 6.20 Å². The molecule has 0 saturated heterocycles. The molecular formula is C15H9N2O. The first kappa shape index (κ1) is 9.48. The number of nitrogens with one attached hydrogen (secondary N) is 1. The van der Waals surface area contributed by atoms with Gasteiger partial charge in [0.2, 0.25) is 0 Å². The SMILES string of the molecule is [c]1n[nH]c2cccc(-c3occ4ccccc34)c12. The average molecular weight is 233 g/mol. The summed E-state index contributed by atoms with van der Waals surface area (Å²) in [7, 11) is 0. The van der Waals surface area contributed by atoms with Crippen molar-refractivity contribution in [3.8, 4) is 11.3 Å². The number of hydrogen-bond acceptors (Lipinski definition) is 2. The lowest BCUT2D eigenvalue weighted by molar-refractivity contribution is 0.588. The van der Waals surface area contributed by atoms with E-state index in [1.807, 2.05) is 36.4 Å². The van der Waals surface area contributed by atoms with Crippen LogP contribution in [0.2, 0.25) is 0 Å². The van der Waals surface area contributed by atoms with E-state index in [9.17, 15) is 0 Å². The van der Waals surface area contributed by atoms with Crippen molar-refractivity contribution in [3.63, 3.8) is 0 Å². The fourth-order valence-electron chi connectivity index (χ4n) is 2.30. The van der Waals surface area contributed by atoms with Crippen molar-refractivity contribution >= 4 is 21.7 Å². The minimum absolute atomic E-state index is 0.869. The molecule has 85 valence electrons. The maximum atomic E-state index is 5.72. The topological polar surface area (TPSA) is 41.8 Å². The number of benzene rings is 2. The van der Waals surface area contributed by atoms with Gasteiger partial charge in [0.05, 0.1) is 11.8 Å². The number of aromatic amines is 1. The van der Waals surface area contributed by atoms with Crippen LogP contribution in [0.3, 0.4) is 0 Å². The molecule has 0 spiro atoms. The van der Waals surface area contributed by atoms with E-state index in [0.29, 0.717) is 0 Å². The number of hydrogen-bond donors (Lipinski definition) is 1. The molecule has 0 atom stereocenters. The molecule has 0 aliphatic heterocycles. The van der Waals surface area contributed by atoms with Gasteiger partial charge in [-0.2, -0.15) is 5.10 Å². The molecule has 2 aromatic carbocycles. The van der Waals surface area contributed by atoms with Crippen molar-refractivity contribution in [1.29, 1.82) is 0 Å². The monoisotopic (exact) mass is 233 g/mol. The summed E-state index contributed by atoms with van der Waals surface area (Å²) in [6, 6.07) is 14.1. The van der Waals surface area contributed by atoms with Gasteiger partial charge in [0, 0.05) is 21.7 Å². The maximum absolute atomic E-state index is 5.72. The van der Waals surface area contributed by atoms with Gasteiger partial charge in [-0.3, -0.25) is 5.10 Å². The van der Waals surface area contributed by atoms with Crippen LogP contribution in [0.15, 0.2) is 53.1 Å². The van der Waals surface area contributed by atoms with Gasteiger partial charge in [-0.1, -0.05) is 36.4 Å². The Labute approximate surface area is 103 Å². The molecule has 0 aliphatic rings. The van der Waals surface area contributed by atoms with E-state index in [4.69, 9.17) is 4.42 Å². The molecule has 0 amide bonds. The molecule has 4 rings (SSSR count). The standard InChI is InChI=1S/C15H9N2O/c1-2-5-11-10(4-1)9-18-15(11)12-6-3-7-14-13(12)8-16-17-14/h1-7,9H,(H,16,17). The Balaban J connectivity index is 2.10. The zero-order chi connectivity index (χ0) is 11.9. The van der Waals surface area contributed by atoms with E-state index < -0.39 is 0 Å². The minimum atomic E-state index is 0.869. The molecule has 1 radical (unpaired) electrons. The second kappa shape index (κ2) is 3.47. The second-order valence-corrected chi connectivity index (χ2v) is 4.22. The highest BCUT2D eigenvalue weighted by atomic mass is 16.3. The average Bonchev–Trinajstić information content (AvgIpc) is 3.05. The van der Waals surface area contributed by atoms with Crippen LogP contribution in [0.4, 0.5) is 0 Å². The first-order valence-corrected chi connectivity index (χ1v) is 5.75. The molecule has 3 nitrogen and oxygen atoms in total. The summed E-state index contributed by atoms with van der Waals surface area (Å²) < 4.78 is 5.72.